The third-order valence-corrected chi connectivity index (χ3v) is 5.01. The summed E-state index contributed by atoms with van der Waals surface area (Å²) in [5, 5.41) is 10.9. The Morgan fingerprint density at radius 2 is 2.04 bits per heavy atom. The van der Waals surface area contributed by atoms with E-state index in [-0.39, 0.29) is 0 Å². The highest BCUT2D eigenvalue weighted by Crippen LogP contribution is 2.40. The first-order chi connectivity index (χ1) is 11.3. The summed E-state index contributed by atoms with van der Waals surface area (Å²) in [5.41, 5.74) is 2.10. The van der Waals surface area contributed by atoms with Crippen LogP contribution < -0.4 is 0 Å². The summed E-state index contributed by atoms with van der Waals surface area (Å²) in [5.74, 6) is 2.50. The maximum Gasteiger partial charge on any atom is 0.191 e. The van der Waals surface area contributed by atoms with Crippen LogP contribution in [0.3, 0.4) is 0 Å². The molecule has 0 N–H and O–H groups in total. The van der Waals surface area contributed by atoms with Crippen molar-refractivity contribution in [3.05, 3.63) is 60.6 Å². The highest BCUT2D eigenvalue weighted by atomic mass is 32.2. The average Bonchev–Trinajstić information content (AvgIpc) is 3.35. The van der Waals surface area contributed by atoms with Gasteiger partial charge in [0.25, 0.3) is 0 Å². The lowest BCUT2D eigenvalue weighted by molar-refractivity contribution is 0.681. The molecule has 2 heterocycles. The van der Waals surface area contributed by atoms with Gasteiger partial charge < -0.3 is 4.57 Å². The number of thioether (sulfide) groups is 1. The highest BCUT2D eigenvalue weighted by molar-refractivity contribution is 7.98. The zero-order chi connectivity index (χ0) is 15.6. The van der Waals surface area contributed by atoms with Gasteiger partial charge in [0.1, 0.15) is 5.82 Å². The molecule has 1 saturated carbocycles. The van der Waals surface area contributed by atoms with Gasteiger partial charge in [-0.2, -0.15) is 0 Å². The Morgan fingerprint density at radius 1 is 1.17 bits per heavy atom. The fraction of sp³-hybridized carbons (Fsp3) is 0.278. The standard InChI is InChI=1S/C18H18N4S/c1-2-11-22-17(14-7-8-14)20-21-18(22)23-12-15-10-9-13-5-3-4-6-16(13)19-15/h2-6,9-10,14H,1,7-8,11-12H2. The predicted molar refractivity (Wildman–Crippen MR) is 93.5 cm³/mol. The van der Waals surface area contributed by atoms with Crippen molar-refractivity contribution in [2.24, 2.45) is 0 Å². The second-order valence-electron chi connectivity index (χ2n) is 5.80. The van der Waals surface area contributed by atoms with Crippen molar-refractivity contribution < 1.29 is 0 Å². The van der Waals surface area contributed by atoms with E-state index in [1.54, 1.807) is 11.8 Å². The molecule has 0 atom stereocenters. The lowest BCUT2D eigenvalue weighted by Gasteiger charge is -2.07. The van der Waals surface area contributed by atoms with Crippen LogP contribution in [0.25, 0.3) is 10.9 Å². The average molecular weight is 322 g/mol. The number of hydrogen-bond donors (Lipinski definition) is 0. The second kappa shape index (κ2) is 6.16. The first kappa shape index (κ1) is 14.5. The van der Waals surface area contributed by atoms with E-state index in [1.165, 1.54) is 18.2 Å². The monoisotopic (exact) mass is 322 g/mol. The first-order valence-electron chi connectivity index (χ1n) is 7.86. The molecule has 0 aliphatic heterocycles. The summed E-state index contributed by atoms with van der Waals surface area (Å²) in [6.45, 7) is 4.62. The maximum absolute atomic E-state index is 4.72. The van der Waals surface area contributed by atoms with E-state index in [1.807, 2.05) is 18.2 Å². The van der Waals surface area contributed by atoms with E-state index >= 15 is 0 Å². The van der Waals surface area contributed by atoms with E-state index in [0.29, 0.717) is 5.92 Å². The zero-order valence-electron chi connectivity index (χ0n) is 12.9. The number of allylic oxidation sites excluding steroid dienone is 1. The first-order valence-corrected chi connectivity index (χ1v) is 8.85. The maximum atomic E-state index is 4.72. The molecular weight excluding hydrogens is 304 g/mol. The van der Waals surface area contributed by atoms with Crippen LogP contribution in [0, 0.1) is 0 Å². The lowest BCUT2D eigenvalue weighted by Crippen LogP contribution is -2.02. The minimum atomic E-state index is 0.593. The molecule has 5 heteroatoms. The largest absolute Gasteiger partial charge is 0.302 e. The van der Waals surface area contributed by atoms with Crippen LogP contribution in [-0.2, 0) is 12.3 Å². The molecule has 1 aliphatic carbocycles. The molecule has 0 spiro atoms. The molecule has 1 fully saturated rings. The van der Waals surface area contributed by atoms with Gasteiger partial charge in [-0.15, -0.1) is 16.8 Å². The van der Waals surface area contributed by atoms with Crippen LogP contribution in [0.2, 0.25) is 0 Å². The van der Waals surface area contributed by atoms with Gasteiger partial charge >= 0.3 is 0 Å². The van der Waals surface area contributed by atoms with Gasteiger partial charge in [0.15, 0.2) is 5.16 Å². The van der Waals surface area contributed by atoms with Gasteiger partial charge in [-0.1, -0.05) is 42.1 Å². The second-order valence-corrected chi connectivity index (χ2v) is 6.74. The van der Waals surface area contributed by atoms with Crippen molar-refractivity contribution in [1.82, 2.24) is 19.7 Å². The molecule has 0 radical (unpaired) electrons. The lowest BCUT2D eigenvalue weighted by atomic mass is 10.2. The predicted octanol–water partition coefficient (Wildman–Crippen LogP) is 4.18. The molecule has 4 nitrogen and oxygen atoms in total. The third-order valence-electron chi connectivity index (χ3n) is 4.00. The van der Waals surface area contributed by atoms with E-state index in [4.69, 9.17) is 4.98 Å². The molecule has 3 aromatic rings. The summed E-state index contributed by atoms with van der Waals surface area (Å²) in [7, 11) is 0. The Balaban J connectivity index is 1.54. The minimum Gasteiger partial charge on any atom is -0.302 e. The minimum absolute atomic E-state index is 0.593. The Kier molecular flexibility index (Phi) is 3.87. The molecule has 23 heavy (non-hydrogen) atoms. The molecule has 1 aromatic carbocycles. The number of pyridine rings is 1. The number of hydrogen-bond acceptors (Lipinski definition) is 4. The van der Waals surface area contributed by atoms with Crippen LogP contribution >= 0.6 is 11.8 Å². The molecule has 0 unspecified atom stereocenters. The van der Waals surface area contributed by atoms with Crippen LogP contribution in [0.5, 0.6) is 0 Å². The molecule has 2 aromatic heterocycles. The Bertz CT molecular complexity index is 851. The van der Waals surface area contributed by atoms with Gasteiger partial charge in [0, 0.05) is 23.6 Å². The summed E-state index contributed by atoms with van der Waals surface area (Å²) in [4.78, 5) is 4.72. The SMILES string of the molecule is C=CCn1c(SCc2ccc3ccccc3n2)nnc1C1CC1. The van der Waals surface area contributed by atoms with E-state index in [0.717, 1.165) is 34.5 Å². The highest BCUT2D eigenvalue weighted by Gasteiger charge is 2.30. The van der Waals surface area contributed by atoms with Crippen LogP contribution in [0.15, 0.2) is 54.2 Å². The number of fused-ring (bicyclic) bond motifs is 1. The summed E-state index contributed by atoms with van der Waals surface area (Å²) >= 11 is 1.69. The van der Waals surface area contributed by atoms with Crippen molar-refractivity contribution in [3.8, 4) is 0 Å². The fourth-order valence-electron chi connectivity index (χ4n) is 2.68. The zero-order valence-corrected chi connectivity index (χ0v) is 13.7. The van der Waals surface area contributed by atoms with Crippen molar-refractivity contribution in [2.75, 3.05) is 0 Å². The number of nitrogens with zero attached hydrogens (tertiary/aromatic N) is 4. The molecule has 4 rings (SSSR count). The van der Waals surface area contributed by atoms with E-state index < -0.39 is 0 Å². The van der Waals surface area contributed by atoms with Crippen molar-refractivity contribution in [2.45, 2.75) is 36.2 Å². The van der Waals surface area contributed by atoms with Crippen molar-refractivity contribution in [3.63, 3.8) is 0 Å². The molecule has 0 bridgehead atoms. The van der Waals surface area contributed by atoms with Gasteiger partial charge in [0.2, 0.25) is 0 Å². The Morgan fingerprint density at radius 3 is 2.87 bits per heavy atom. The molecule has 0 saturated heterocycles. The third kappa shape index (κ3) is 3.01. The van der Waals surface area contributed by atoms with Crippen LogP contribution in [0.4, 0.5) is 0 Å². The summed E-state index contributed by atoms with van der Waals surface area (Å²) in [6.07, 6.45) is 4.37. The fourth-order valence-corrected chi connectivity index (χ4v) is 3.54. The molecule has 0 amide bonds. The summed E-state index contributed by atoms with van der Waals surface area (Å²) < 4.78 is 2.19. The van der Waals surface area contributed by atoms with E-state index in [2.05, 4.69) is 45.6 Å². The molecular formula is C18H18N4S. The van der Waals surface area contributed by atoms with Crippen LogP contribution in [-0.4, -0.2) is 19.7 Å². The number of benzene rings is 1. The quantitative estimate of drug-likeness (QED) is 0.504. The Hall–Kier alpha value is -2.14. The van der Waals surface area contributed by atoms with Crippen LogP contribution in [0.1, 0.15) is 30.3 Å². The molecule has 116 valence electrons. The number of rotatable bonds is 6. The van der Waals surface area contributed by atoms with Gasteiger partial charge in [-0.25, -0.2) is 0 Å². The van der Waals surface area contributed by atoms with Crippen molar-refractivity contribution >= 4 is 22.7 Å². The number of para-hydroxylation sites is 1. The van der Waals surface area contributed by atoms with Crippen molar-refractivity contribution in [1.29, 1.82) is 0 Å². The normalized spacial score (nSPS) is 14.3. The Labute approximate surface area is 139 Å². The molecule has 1 aliphatic rings. The number of aromatic nitrogens is 4. The topological polar surface area (TPSA) is 43.6 Å². The van der Waals surface area contributed by atoms with Gasteiger partial charge in [0.05, 0.1) is 11.2 Å². The summed E-state index contributed by atoms with van der Waals surface area (Å²) in [6, 6.07) is 12.4. The van der Waals surface area contributed by atoms with Gasteiger partial charge in [-0.3, -0.25) is 4.98 Å². The smallest absolute Gasteiger partial charge is 0.191 e. The van der Waals surface area contributed by atoms with E-state index in [9.17, 15) is 0 Å². The van der Waals surface area contributed by atoms with Gasteiger partial charge in [-0.05, 0) is 25.0 Å².